The summed E-state index contributed by atoms with van der Waals surface area (Å²) in [6.07, 6.45) is 0. The standard InChI is InChI=1S/C2H6N2O.H2O/c1-5-2(3)4;/h1H3,(H3,3,4);1H2. The number of hydrogen-bond donors (Lipinski definition) is 2. The van der Waals surface area contributed by atoms with Crippen LogP contribution in [0.1, 0.15) is 0 Å². The molecular formula is C2H8N2O2. The third kappa shape index (κ3) is 10.6. The number of amidine groups is 1. The van der Waals surface area contributed by atoms with Gasteiger partial charge in [0.2, 0.25) is 0 Å². The fourth-order valence-electron chi connectivity index (χ4n) is 0. The van der Waals surface area contributed by atoms with Gasteiger partial charge in [0.1, 0.15) is 0 Å². The Bertz CT molecular complexity index is 44.8. The highest BCUT2D eigenvalue weighted by Gasteiger charge is 1.68. The van der Waals surface area contributed by atoms with Crippen molar-refractivity contribution in [2.24, 2.45) is 5.73 Å². The van der Waals surface area contributed by atoms with Crippen LogP contribution in [0.15, 0.2) is 0 Å². The molecule has 0 radical (unpaired) electrons. The van der Waals surface area contributed by atoms with Crippen LogP contribution in [-0.2, 0) is 4.74 Å². The van der Waals surface area contributed by atoms with Crippen LogP contribution in [-0.4, -0.2) is 18.6 Å². The van der Waals surface area contributed by atoms with Crippen molar-refractivity contribution in [3.8, 4) is 0 Å². The average molecular weight is 92.1 g/mol. The highest BCUT2D eigenvalue weighted by atomic mass is 16.5. The first-order valence-electron chi connectivity index (χ1n) is 1.15. The SMILES string of the molecule is COC(=N)N.O. The summed E-state index contributed by atoms with van der Waals surface area (Å²) in [6.45, 7) is 0. The topological polar surface area (TPSA) is 90.6 Å². The zero-order chi connectivity index (χ0) is 4.28. The molecule has 0 aliphatic rings. The summed E-state index contributed by atoms with van der Waals surface area (Å²) >= 11 is 0. The monoisotopic (exact) mass is 92.1 g/mol. The van der Waals surface area contributed by atoms with Crippen LogP contribution in [0.3, 0.4) is 0 Å². The second-order valence-electron chi connectivity index (χ2n) is 0.568. The lowest BCUT2D eigenvalue weighted by Gasteiger charge is -1.85. The maximum Gasteiger partial charge on any atom is 0.278 e. The normalized spacial score (nSPS) is 5.50. The molecule has 0 saturated heterocycles. The molecule has 6 heavy (non-hydrogen) atoms. The first-order chi connectivity index (χ1) is 2.27. The summed E-state index contributed by atoms with van der Waals surface area (Å²) in [5, 5.41) is 6.30. The Labute approximate surface area is 35.7 Å². The fraction of sp³-hybridized carbons (Fsp3) is 0.500. The summed E-state index contributed by atoms with van der Waals surface area (Å²) < 4.78 is 4.11. The van der Waals surface area contributed by atoms with Crippen LogP contribution in [0.4, 0.5) is 0 Å². The third-order valence-electron chi connectivity index (χ3n) is 0.220. The van der Waals surface area contributed by atoms with E-state index in [0.29, 0.717) is 0 Å². The molecule has 0 rings (SSSR count). The first kappa shape index (κ1) is 8.97. The summed E-state index contributed by atoms with van der Waals surface area (Å²) in [5.74, 6) is 0. The number of hydrogen-bond acceptors (Lipinski definition) is 2. The molecule has 0 heterocycles. The molecule has 0 saturated carbocycles. The Morgan fingerprint density at radius 2 is 2.00 bits per heavy atom. The molecule has 0 aliphatic carbocycles. The van der Waals surface area contributed by atoms with E-state index in [1.807, 2.05) is 0 Å². The van der Waals surface area contributed by atoms with E-state index in [1.54, 1.807) is 0 Å². The predicted molar refractivity (Wildman–Crippen MR) is 22.5 cm³/mol. The largest absolute Gasteiger partial charge is 0.469 e. The molecule has 4 nitrogen and oxygen atoms in total. The van der Waals surface area contributed by atoms with Gasteiger partial charge in [0.25, 0.3) is 6.02 Å². The molecule has 0 fully saturated rings. The molecule has 0 unspecified atom stereocenters. The van der Waals surface area contributed by atoms with Crippen molar-refractivity contribution >= 4 is 6.02 Å². The van der Waals surface area contributed by atoms with E-state index >= 15 is 0 Å². The van der Waals surface area contributed by atoms with Crippen LogP contribution in [0, 0.1) is 5.41 Å². The number of methoxy groups -OCH3 is 1. The number of ether oxygens (including phenoxy) is 1. The lowest BCUT2D eigenvalue weighted by atomic mass is 11.2. The van der Waals surface area contributed by atoms with Gasteiger partial charge in [-0.1, -0.05) is 0 Å². The minimum Gasteiger partial charge on any atom is -0.469 e. The van der Waals surface area contributed by atoms with Gasteiger partial charge in [-0.15, -0.1) is 0 Å². The number of nitrogens with one attached hydrogen (secondary N) is 1. The van der Waals surface area contributed by atoms with Crippen molar-refractivity contribution in [2.75, 3.05) is 7.11 Å². The molecule has 5 N–H and O–H groups in total. The highest BCUT2D eigenvalue weighted by molar-refractivity contribution is 5.67. The van der Waals surface area contributed by atoms with Crippen molar-refractivity contribution in [1.82, 2.24) is 0 Å². The third-order valence-corrected chi connectivity index (χ3v) is 0.220. The van der Waals surface area contributed by atoms with Gasteiger partial charge >= 0.3 is 0 Å². The van der Waals surface area contributed by atoms with Gasteiger partial charge in [-0.2, -0.15) is 0 Å². The lowest BCUT2D eigenvalue weighted by Crippen LogP contribution is -2.10. The van der Waals surface area contributed by atoms with E-state index in [-0.39, 0.29) is 11.5 Å². The Morgan fingerprint density at radius 1 is 1.83 bits per heavy atom. The van der Waals surface area contributed by atoms with Crippen molar-refractivity contribution < 1.29 is 10.2 Å². The van der Waals surface area contributed by atoms with Crippen LogP contribution >= 0.6 is 0 Å². The van der Waals surface area contributed by atoms with Gasteiger partial charge in [-0.3, -0.25) is 5.41 Å². The zero-order valence-electron chi connectivity index (χ0n) is 3.49. The van der Waals surface area contributed by atoms with Gasteiger partial charge in [-0.05, 0) is 0 Å². The molecule has 0 aromatic heterocycles. The molecule has 0 aromatic rings. The molecule has 0 aliphatic heterocycles. The highest BCUT2D eigenvalue weighted by Crippen LogP contribution is 1.50. The average Bonchev–Trinajstić information content (AvgIpc) is 1.38. The fourth-order valence-corrected chi connectivity index (χ4v) is 0. The van der Waals surface area contributed by atoms with Crippen LogP contribution in [0.2, 0.25) is 0 Å². The van der Waals surface area contributed by atoms with Crippen molar-refractivity contribution in [3.63, 3.8) is 0 Å². The molecule has 0 aromatic carbocycles. The predicted octanol–water partition coefficient (Wildman–Crippen LogP) is -1.30. The quantitative estimate of drug-likeness (QED) is 0.287. The lowest BCUT2D eigenvalue weighted by molar-refractivity contribution is 0.393. The molecule has 0 atom stereocenters. The van der Waals surface area contributed by atoms with E-state index in [9.17, 15) is 0 Å². The van der Waals surface area contributed by atoms with Crippen molar-refractivity contribution in [2.45, 2.75) is 0 Å². The maximum atomic E-state index is 6.30. The Balaban J connectivity index is 0. The van der Waals surface area contributed by atoms with E-state index in [4.69, 9.17) is 5.41 Å². The van der Waals surface area contributed by atoms with Crippen LogP contribution in [0.25, 0.3) is 0 Å². The second-order valence-corrected chi connectivity index (χ2v) is 0.568. The van der Waals surface area contributed by atoms with E-state index in [0.717, 1.165) is 0 Å². The molecule has 0 amide bonds. The van der Waals surface area contributed by atoms with E-state index in [1.165, 1.54) is 7.11 Å². The van der Waals surface area contributed by atoms with Gasteiger partial charge in [-0.25, -0.2) is 0 Å². The molecule has 38 valence electrons. The Hall–Kier alpha value is -0.770. The van der Waals surface area contributed by atoms with Crippen molar-refractivity contribution in [3.05, 3.63) is 0 Å². The van der Waals surface area contributed by atoms with Crippen LogP contribution < -0.4 is 5.73 Å². The second kappa shape index (κ2) is 4.23. The molecule has 4 heteroatoms. The number of rotatable bonds is 0. The first-order valence-corrected chi connectivity index (χ1v) is 1.15. The summed E-state index contributed by atoms with van der Waals surface area (Å²) in [5.41, 5.74) is 4.65. The van der Waals surface area contributed by atoms with Crippen molar-refractivity contribution in [1.29, 1.82) is 5.41 Å². The molecule has 0 spiro atoms. The van der Waals surface area contributed by atoms with Gasteiger partial charge in [0, 0.05) is 0 Å². The van der Waals surface area contributed by atoms with Gasteiger partial charge in [0.05, 0.1) is 7.11 Å². The van der Waals surface area contributed by atoms with Gasteiger partial charge < -0.3 is 15.9 Å². The molecular weight excluding hydrogens is 84.0 g/mol. The van der Waals surface area contributed by atoms with Gasteiger partial charge in [0.15, 0.2) is 0 Å². The zero-order valence-corrected chi connectivity index (χ0v) is 3.49. The smallest absolute Gasteiger partial charge is 0.278 e. The van der Waals surface area contributed by atoms with E-state index in [2.05, 4.69) is 10.5 Å². The minimum absolute atomic E-state index is 0. The summed E-state index contributed by atoms with van der Waals surface area (Å²) in [7, 11) is 1.35. The maximum absolute atomic E-state index is 6.30. The summed E-state index contributed by atoms with van der Waals surface area (Å²) in [6, 6.07) is -0.245. The summed E-state index contributed by atoms with van der Waals surface area (Å²) in [4.78, 5) is 0. The Kier molecular flexibility index (Phi) is 6.32. The minimum atomic E-state index is -0.245. The Morgan fingerprint density at radius 3 is 2.00 bits per heavy atom. The number of nitrogens with two attached hydrogens (primary N) is 1. The molecule has 0 bridgehead atoms. The van der Waals surface area contributed by atoms with E-state index < -0.39 is 0 Å². The van der Waals surface area contributed by atoms with Crippen LogP contribution in [0.5, 0.6) is 0 Å².